The zero-order valence-electron chi connectivity index (χ0n) is 10.4. The molecule has 1 saturated heterocycles. The zero-order valence-corrected chi connectivity index (χ0v) is 10.4. The Labute approximate surface area is 102 Å². The third-order valence-electron chi connectivity index (χ3n) is 3.64. The number of aryl methyl sites for hydroxylation is 1. The van der Waals surface area contributed by atoms with Crippen molar-refractivity contribution in [1.82, 2.24) is 5.32 Å². The van der Waals surface area contributed by atoms with Gasteiger partial charge in [-0.3, -0.25) is 0 Å². The second kappa shape index (κ2) is 5.15. The molecule has 1 aromatic rings. The molecule has 1 aliphatic heterocycles. The summed E-state index contributed by atoms with van der Waals surface area (Å²) in [5, 5.41) is 13.7. The molecule has 0 amide bonds. The lowest BCUT2D eigenvalue weighted by molar-refractivity contribution is 0.101. The van der Waals surface area contributed by atoms with Crippen LogP contribution in [0.4, 0.5) is 4.39 Å². The van der Waals surface area contributed by atoms with E-state index in [1.54, 1.807) is 6.07 Å². The van der Waals surface area contributed by atoms with Crippen LogP contribution in [0.1, 0.15) is 37.0 Å². The van der Waals surface area contributed by atoms with E-state index >= 15 is 0 Å². The monoisotopic (exact) mass is 237 g/mol. The first-order chi connectivity index (χ1) is 8.08. The van der Waals surface area contributed by atoms with Crippen molar-refractivity contribution in [3.8, 4) is 0 Å². The summed E-state index contributed by atoms with van der Waals surface area (Å²) < 4.78 is 13.2. The molecule has 3 atom stereocenters. The molecule has 0 aromatic heterocycles. The van der Waals surface area contributed by atoms with Crippen molar-refractivity contribution in [2.24, 2.45) is 5.92 Å². The highest BCUT2D eigenvalue weighted by Gasteiger charge is 2.26. The van der Waals surface area contributed by atoms with E-state index in [4.69, 9.17) is 0 Å². The molecule has 94 valence electrons. The van der Waals surface area contributed by atoms with Gasteiger partial charge in [-0.05, 0) is 55.5 Å². The Morgan fingerprint density at radius 3 is 2.94 bits per heavy atom. The largest absolute Gasteiger partial charge is 0.387 e. The van der Waals surface area contributed by atoms with E-state index in [0.29, 0.717) is 11.5 Å². The van der Waals surface area contributed by atoms with Crippen LogP contribution in [0.15, 0.2) is 18.2 Å². The van der Waals surface area contributed by atoms with E-state index in [0.717, 1.165) is 24.9 Å². The van der Waals surface area contributed by atoms with Gasteiger partial charge < -0.3 is 10.4 Å². The molecule has 1 fully saturated rings. The highest BCUT2D eigenvalue weighted by Crippen LogP contribution is 2.28. The van der Waals surface area contributed by atoms with E-state index < -0.39 is 6.10 Å². The fraction of sp³-hybridized carbons (Fsp3) is 0.571. The number of halogens is 1. The van der Waals surface area contributed by atoms with Gasteiger partial charge in [0.25, 0.3) is 0 Å². The summed E-state index contributed by atoms with van der Waals surface area (Å²) in [6.07, 6.45) is 1.47. The molecule has 17 heavy (non-hydrogen) atoms. The predicted molar refractivity (Wildman–Crippen MR) is 66.3 cm³/mol. The van der Waals surface area contributed by atoms with Gasteiger partial charge in [-0.15, -0.1) is 0 Å². The highest BCUT2D eigenvalue weighted by molar-refractivity contribution is 5.29. The molecule has 3 unspecified atom stereocenters. The van der Waals surface area contributed by atoms with Crippen LogP contribution in [0.25, 0.3) is 0 Å². The fourth-order valence-electron chi connectivity index (χ4n) is 2.54. The third kappa shape index (κ3) is 2.85. The second-order valence-corrected chi connectivity index (χ2v) is 5.14. The molecule has 3 heteroatoms. The van der Waals surface area contributed by atoms with Gasteiger partial charge in [0, 0.05) is 6.04 Å². The van der Waals surface area contributed by atoms with Gasteiger partial charge >= 0.3 is 0 Å². The van der Waals surface area contributed by atoms with E-state index in [-0.39, 0.29) is 11.9 Å². The van der Waals surface area contributed by atoms with Crippen molar-refractivity contribution in [3.05, 3.63) is 35.1 Å². The summed E-state index contributed by atoms with van der Waals surface area (Å²) in [5.41, 5.74) is 1.65. The van der Waals surface area contributed by atoms with E-state index in [1.165, 1.54) is 12.1 Å². The molecule has 0 bridgehead atoms. The van der Waals surface area contributed by atoms with Crippen molar-refractivity contribution in [1.29, 1.82) is 0 Å². The second-order valence-electron chi connectivity index (χ2n) is 5.14. The summed E-state index contributed by atoms with van der Waals surface area (Å²) in [5.74, 6) is 0.332. The number of rotatable bonds is 2. The smallest absolute Gasteiger partial charge is 0.123 e. The van der Waals surface area contributed by atoms with Crippen molar-refractivity contribution in [2.75, 3.05) is 6.54 Å². The fourth-order valence-corrected chi connectivity index (χ4v) is 2.54. The number of benzene rings is 1. The van der Waals surface area contributed by atoms with Crippen LogP contribution in [-0.2, 0) is 0 Å². The average molecular weight is 237 g/mol. The van der Waals surface area contributed by atoms with Gasteiger partial charge in [0.1, 0.15) is 5.82 Å². The van der Waals surface area contributed by atoms with Gasteiger partial charge in [0.05, 0.1) is 6.10 Å². The maximum Gasteiger partial charge on any atom is 0.123 e. The van der Waals surface area contributed by atoms with E-state index in [2.05, 4.69) is 12.2 Å². The lowest BCUT2D eigenvalue weighted by Gasteiger charge is -2.32. The van der Waals surface area contributed by atoms with Gasteiger partial charge in [0.2, 0.25) is 0 Å². The van der Waals surface area contributed by atoms with Crippen LogP contribution in [0.3, 0.4) is 0 Å². The van der Waals surface area contributed by atoms with Crippen molar-refractivity contribution in [2.45, 2.75) is 38.8 Å². The minimum Gasteiger partial charge on any atom is -0.387 e. The maximum absolute atomic E-state index is 13.2. The molecular weight excluding hydrogens is 217 g/mol. The molecule has 0 spiro atoms. The molecule has 2 rings (SSSR count). The molecule has 2 N–H and O–H groups in total. The SMILES string of the molecule is Cc1ccc(F)cc1C(O)C1CC(C)CCN1. The average Bonchev–Trinajstić information content (AvgIpc) is 2.31. The summed E-state index contributed by atoms with van der Waals surface area (Å²) in [7, 11) is 0. The predicted octanol–water partition coefficient (Wildman–Crippen LogP) is 2.56. The molecule has 0 radical (unpaired) electrons. The Hall–Kier alpha value is -0.930. The molecule has 0 aliphatic carbocycles. The van der Waals surface area contributed by atoms with Gasteiger partial charge in [-0.25, -0.2) is 4.39 Å². The number of piperidine rings is 1. The molecule has 1 heterocycles. The van der Waals surface area contributed by atoms with Crippen LogP contribution in [-0.4, -0.2) is 17.7 Å². The molecule has 0 saturated carbocycles. The minimum absolute atomic E-state index is 0.0410. The zero-order chi connectivity index (χ0) is 12.4. The van der Waals surface area contributed by atoms with Crippen LogP contribution in [0, 0.1) is 18.7 Å². The highest BCUT2D eigenvalue weighted by atomic mass is 19.1. The third-order valence-corrected chi connectivity index (χ3v) is 3.64. The Morgan fingerprint density at radius 2 is 2.24 bits per heavy atom. The number of aliphatic hydroxyl groups excluding tert-OH is 1. The Kier molecular flexibility index (Phi) is 3.79. The first-order valence-corrected chi connectivity index (χ1v) is 6.25. The molecule has 1 aromatic carbocycles. The lowest BCUT2D eigenvalue weighted by Crippen LogP contribution is -2.41. The summed E-state index contributed by atoms with van der Waals surface area (Å²) >= 11 is 0. The standard InChI is InChI=1S/C14H20FNO/c1-9-5-6-16-13(7-9)14(17)12-8-11(15)4-3-10(12)2/h3-4,8-9,13-14,16-17H,5-7H2,1-2H3. The van der Waals surface area contributed by atoms with Crippen LogP contribution in [0.5, 0.6) is 0 Å². The Balaban J connectivity index is 2.18. The molecule has 2 nitrogen and oxygen atoms in total. The van der Waals surface area contributed by atoms with Gasteiger partial charge in [0.15, 0.2) is 0 Å². The van der Waals surface area contributed by atoms with E-state index in [9.17, 15) is 9.50 Å². The van der Waals surface area contributed by atoms with Crippen LogP contribution < -0.4 is 5.32 Å². The minimum atomic E-state index is -0.617. The first kappa shape index (κ1) is 12.5. The number of hydrogen-bond donors (Lipinski definition) is 2. The number of nitrogens with one attached hydrogen (secondary N) is 1. The van der Waals surface area contributed by atoms with Gasteiger partial charge in [-0.1, -0.05) is 13.0 Å². The van der Waals surface area contributed by atoms with Crippen LogP contribution >= 0.6 is 0 Å². The normalized spacial score (nSPS) is 26.8. The van der Waals surface area contributed by atoms with Gasteiger partial charge in [-0.2, -0.15) is 0 Å². The summed E-state index contributed by atoms with van der Waals surface area (Å²) in [4.78, 5) is 0. The maximum atomic E-state index is 13.2. The quantitative estimate of drug-likeness (QED) is 0.828. The Morgan fingerprint density at radius 1 is 1.47 bits per heavy atom. The van der Waals surface area contributed by atoms with E-state index in [1.807, 2.05) is 6.92 Å². The number of aliphatic hydroxyl groups is 1. The lowest BCUT2D eigenvalue weighted by atomic mass is 9.87. The number of hydrogen-bond acceptors (Lipinski definition) is 2. The van der Waals surface area contributed by atoms with Crippen molar-refractivity contribution < 1.29 is 9.50 Å². The van der Waals surface area contributed by atoms with Crippen LogP contribution in [0.2, 0.25) is 0 Å². The van der Waals surface area contributed by atoms with Crippen molar-refractivity contribution in [3.63, 3.8) is 0 Å². The summed E-state index contributed by atoms with van der Waals surface area (Å²) in [6, 6.07) is 4.64. The topological polar surface area (TPSA) is 32.3 Å². The summed E-state index contributed by atoms with van der Waals surface area (Å²) in [6.45, 7) is 5.03. The Bertz CT molecular complexity index is 394. The van der Waals surface area contributed by atoms with Crippen molar-refractivity contribution >= 4 is 0 Å². The molecule has 1 aliphatic rings. The first-order valence-electron chi connectivity index (χ1n) is 6.25. The molecular formula is C14H20FNO.